The number of para-hydroxylation sites is 1. The van der Waals surface area contributed by atoms with Crippen molar-refractivity contribution in [3.8, 4) is 0 Å². The number of hydrogen-bond acceptors (Lipinski definition) is 4. The van der Waals surface area contributed by atoms with Gasteiger partial charge in [0.25, 0.3) is 5.91 Å². The second-order valence-corrected chi connectivity index (χ2v) is 6.11. The smallest absolute Gasteiger partial charge is 0.254 e. The van der Waals surface area contributed by atoms with Gasteiger partial charge in [0.15, 0.2) is 0 Å². The van der Waals surface area contributed by atoms with Crippen LogP contribution in [0.5, 0.6) is 0 Å². The van der Waals surface area contributed by atoms with Gasteiger partial charge in [0.1, 0.15) is 12.4 Å². The molecule has 2 N–H and O–H groups in total. The van der Waals surface area contributed by atoms with Crippen LogP contribution in [-0.2, 0) is 4.79 Å². The van der Waals surface area contributed by atoms with Crippen LogP contribution in [0.15, 0.2) is 42.6 Å². The molecule has 124 valence electrons. The zero-order chi connectivity index (χ0) is 17.3. The molecular formula is C17H17ClN4O2. The van der Waals surface area contributed by atoms with Crippen LogP contribution >= 0.6 is 11.6 Å². The topological polar surface area (TPSA) is 79.5 Å². The molecule has 6 nitrogen and oxygen atoms in total. The molecule has 1 aromatic heterocycles. The number of carbonyl (C=O) groups excluding carboxylic acids is 2. The van der Waals surface area contributed by atoms with Crippen molar-refractivity contribution in [3.05, 3.63) is 53.2 Å². The summed E-state index contributed by atoms with van der Waals surface area (Å²) in [4.78, 5) is 32.3. The van der Waals surface area contributed by atoms with Crippen molar-refractivity contribution in [1.82, 2.24) is 9.88 Å². The van der Waals surface area contributed by atoms with Crippen LogP contribution in [0.3, 0.4) is 0 Å². The molecule has 2 aromatic rings. The molecule has 0 saturated carbocycles. The summed E-state index contributed by atoms with van der Waals surface area (Å²) >= 11 is 6.19. The molecule has 0 spiro atoms. The molecule has 1 fully saturated rings. The van der Waals surface area contributed by atoms with Gasteiger partial charge in [-0.1, -0.05) is 23.7 Å². The van der Waals surface area contributed by atoms with Gasteiger partial charge in [-0.15, -0.1) is 0 Å². The Morgan fingerprint density at radius 3 is 2.79 bits per heavy atom. The third-order valence-electron chi connectivity index (χ3n) is 4.02. The SMILES string of the molecule is CC1CN(c2ccccc2Cl)C(=O)CN1C(=O)c1ccnc(N)c1. The lowest BCUT2D eigenvalue weighted by Crippen LogP contribution is -2.57. The predicted octanol–water partition coefficient (Wildman–Crippen LogP) is 2.19. The second kappa shape index (κ2) is 6.49. The van der Waals surface area contributed by atoms with Crippen LogP contribution in [0.4, 0.5) is 11.5 Å². The van der Waals surface area contributed by atoms with E-state index in [1.165, 1.54) is 12.3 Å². The van der Waals surface area contributed by atoms with Gasteiger partial charge < -0.3 is 15.5 Å². The van der Waals surface area contributed by atoms with Gasteiger partial charge in [-0.05, 0) is 31.2 Å². The Kier molecular flexibility index (Phi) is 4.40. The molecular weight excluding hydrogens is 328 g/mol. The van der Waals surface area contributed by atoms with Crippen LogP contribution in [-0.4, -0.2) is 40.8 Å². The highest BCUT2D eigenvalue weighted by atomic mass is 35.5. The number of rotatable bonds is 2. The van der Waals surface area contributed by atoms with Gasteiger partial charge in [0, 0.05) is 24.3 Å². The number of nitrogens with zero attached hydrogens (tertiary/aromatic N) is 3. The molecule has 1 saturated heterocycles. The largest absolute Gasteiger partial charge is 0.384 e. The standard InChI is InChI=1S/C17H17ClN4O2/c1-11-9-22(14-5-3-2-4-13(14)18)16(23)10-21(11)17(24)12-6-7-20-15(19)8-12/h2-8,11H,9-10H2,1H3,(H2,19,20). The summed E-state index contributed by atoms with van der Waals surface area (Å²) in [6.07, 6.45) is 1.48. The molecule has 1 unspecified atom stereocenters. The maximum absolute atomic E-state index is 12.7. The number of pyridine rings is 1. The Labute approximate surface area is 144 Å². The molecule has 0 bridgehead atoms. The molecule has 2 heterocycles. The minimum atomic E-state index is -0.233. The normalized spacial score (nSPS) is 17.9. The number of nitrogen functional groups attached to an aromatic ring is 1. The van der Waals surface area contributed by atoms with Crippen LogP contribution in [0, 0.1) is 0 Å². The van der Waals surface area contributed by atoms with E-state index < -0.39 is 0 Å². The Hall–Kier alpha value is -2.60. The average molecular weight is 345 g/mol. The molecule has 1 atom stereocenters. The van der Waals surface area contributed by atoms with Crippen molar-refractivity contribution in [3.63, 3.8) is 0 Å². The number of halogens is 1. The van der Waals surface area contributed by atoms with Crippen LogP contribution in [0.1, 0.15) is 17.3 Å². The lowest BCUT2D eigenvalue weighted by atomic mass is 10.1. The molecule has 24 heavy (non-hydrogen) atoms. The molecule has 0 radical (unpaired) electrons. The molecule has 3 rings (SSSR count). The van der Waals surface area contributed by atoms with Crippen LogP contribution < -0.4 is 10.6 Å². The minimum absolute atomic E-state index is 0.00650. The number of benzene rings is 1. The Balaban J connectivity index is 1.82. The van der Waals surface area contributed by atoms with Crippen LogP contribution in [0.25, 0.3) is 0 Å². The molecule has 1 aliphatic rings. The summed E-state index contributed by atoms with van der Waals surface area (Å²) in [5, 5.41) is 0.514. The zero-order valence-electron chi connectivity index (χ0n) is 13.1. The minimum Gasteiger partial charge on any atom is -0.384 e. The molecule has 1 aromatic carbocycles. The molecule has 2 amide bonds. The summed E-state index contributed by atoms with van der Waals surface area (Å²) in [6, 6.07) is 10.1. The number of carbonyl (C=O) groups is 2. The maximum Gasteiger partial charge on any atom is 0.254 e. The van der Waals surface area contributed by atoms with E-state index in [1.54, 1.807) is 28.0 Å². The van der Waals surface area contributed by atoms with Gasteiger partial charge in [0.2, 0.25) is 5.91 Å². The number of hydrogen-bond donors (Lipinski definition) is 1. The molecule has 0 aliphatic carbocycles. The molecule has 1 aliphatic heterocycles. The fourth-order valence-electron chi connectivity index (χ4n) is 2.77. The summed E-state index contributed by atoms with van der Waals surface area (Å²) < 4.78 is 0. The highest BCUT2D eigenvalue weighted by molar-refractivity contribution is 6.33. The van der Waals surface area contributed by atoms with Gasteiger partial charge in [-0.25, -0.2) is 4.98 Å². The number of nitrogens with two attached hydrogens (primary N) is 1. The van der Waals surface area contributed by atoms with Crippen molar-refractivity contribution in [1.29, 1.82) is 0 Å². The molecule has 7 heteroatoms. The van der Waals surface area contributed by atoms with Gasteiger partial charge >= 0.3 is 0 Å². The summed E-state index contributed by atoms with van der Waals surface area (Å²) in [6.45, 7) is 2.28. The van der Waals surface area contributed by atoms with Crippen molar-refractivity contribution >= 4 is 34.9 Å². The Morgan fingerprint density at radius 1 is 1.33 bits per heavy atom. The van der Waals surface area contributed by atoms with Crippen molar-refractivity contribution in [2.45, 2.75) is 13.0 Å². The van der Waals surface area contributed by atoms with E-state index in [1.807, 2.05) is 19.1 Å². The highest BCUT2D eigenvalue weighted by Crippen LogP contribution is 2.28. The predicted molar refractivity (Wildman–Crippen MR) is 93.0 cm³/mol. The second-order valence-electron chi connectivity index (χ2n) is 5.71. The van der Waals surface area contributed by atoms with Crippen molar-refractivity contribution < 1.29 is 9.59 Å². The van der Waals surface area contributed by atoms with Gasteiger partial charge in [-0.3, -0.25) is 9.59 Å². The summed E-state index contributed by atoms with van der Waals surface area (Å²) in [5.41, 5.74) is 6.72. The first-order valence-electron chi connectivity index (χ1n) is 7.55. The van der Waals surface area contributed by atoms with Gasteiger partial charge in [-0.2, -0.15) is 0 Å². The Bertz CT molecular complexity index is 796. The zero-order valence-corrected chi connectivity index (χ0v) is 13.9. The Morgan fingerprint density at radius 2 is 2.08 bits per heavy atom. The van der Waals surface area contributed by atoms with E-state index in [0.717, 1.165) is 0 Å². The number of anilines is 2. The maximum atomic E-state index is 12.7. The van der Waals surface area contributed by atoms with E-state index in [9.17, 15) is 9.59 Å². The number of aromatic nitrogens is 1. The summed E-state index contributed by atoms with van der Waals surface area (Å²) in [5.74, 6) is -0.130. The van der Waals surface area contributed by atoms with Crippen molar-refractivity contribution in [2.75, 3.05) is 23.7 Å². The lowest BCUT2D eigenvalue weighted by Gasteiger charge is -2.39. The summed E-state index contributed by atoms with van der Waals surface area (Å²) in [7, 11) is 0. The lowest BCUT2D eigenvalue weighted by molar-refractivity contribution is -0.121. The van der Waals surface area contributed by atoms with E-state index in [-0.39, 0.29) is 30.2 Å². The van der Waals surface area contributed by atoms with Gasteiger partial charge in [0.05, 0.1) is 10.7 Å². The number of piperazine rings is 1. The highest BCUT2D eigenvalue weighted by Gasteiger charge is 2.34. The quantitative estimate of drug-likeness (QED) is 0.905. The monoisotopic (exact) mass is 344 g/mol. The number of amides is 2. The first-order chi connectivity index (χ1) is 11.5. The van der Waals surface area contributed by atoms with Crippen molar-refractivity contribution in [2.24, 2.45) is 0 Å². The average Bonchev–Trinajstić information content (AvgIpc) is 2.56. The van der Waals surface area contributed by atoms with Crippen LogP contribution in [0.2, 0.25) is 5.02 Å². The third-order valence-corrected chi connectivity index (χ3v) is 4.34. The van der Waals surface area contributed by atoms with E-state index in [4.69, 9.17) is 17.3 Å². The van der Waals surface area contributed by atoms with E-state index >= 15 is 0 Å². The van der Waals surface area contributed by atoms with E-state index in [0.29, 0.717) is 22.8 Å². The fourth-order valence-corrected chi connectivity index (χ4v) is 3.01. The first-order valence-corrected chi connectivity index (χ1v) is 7.92. The third kappa shape index (κ3) is 3.05. The van der Waals surface area contributed by atoms with E-state index in [2.05, 4.69) is 4.98 Å². The fraction of sp³-hybridized carbons (Fsp3) is 0.235. The first kappa shape index (κ1) is 16.3.